The monoisotopic (exact) mass is 289 g/mol. The molecule has 1 aromatic carbocycles. The van der Waals surface area contributed by atoms with Gasteiger partial charge < -0.3 is 14.6 Å². The molecule has 0 spiro atoms. The Morgan fingerprint density at radius 2 is 2.33 bits per heavy atom. The summed E-state index contributed by atoms with van der Waals surface area (Å²) in [6.07, 6.45) is 6.28. The van der Waals surface area contributed by atoms with E-state index < -0.39 is 5.82 Å². The van der Waals surface area contributed by atoms with E-state index in [-0.39, 0.29) is 11.7 Å². The molecule has 110 valence electrons. The van der Waals surface area contributed by atoms with Crippen molar-refractivity contribution in [3.63, 3.8) is 0 Å². The zero-order valence-electron chi connectivity index (χ0n) is 11.8. The molecule has 2 aromatic rings. The number of carbonyl (C=O) groups excluding carboxylic acids is 1. The fourth-order valence-electron chi connectivity index (χ4n) is 1.77. The SMILES string of the molecule is COc1ccc(C=CC(=O)N(C)Cc2ncc[nH]2)cc1F. The molecule has 1 amide bonds. The summed E-state index contributed by atoms with van der Waals surface area (Å²) in [6.45, 7) is 0.382. The van der Waals surface area contributed by atoms with Crippen molar-refractivity contribution in [2.75, 3.05) is 14.2 Å². The maximum Gasteiger partial charge on any atom is 0.246 e. The largest absolute Gasteiger partial charge is 0.494 e. The number of ether oxygens (including phenoxy) is 1. The molecule has 5 nitrogen and oxygen atoms in total. The number of hydrogen-bond acceptors (Lipinski definition) is 3. The molecule has 1 N–H and O–H groups in total. The highest BCUT2D eigenvalue weighted by Gasteiger charge is 2.07. The van der Waals surface area contributed by atoms with Crippen molar-refractivity contribution in [1.29, 1.82) is 0 Å². The zero-order chi connectivity index (χ0) is 15.2. The van der Waals surface area contributed by atoms with E-state index >= 15 is 0 Å². The van der Waals surface area contributed by atoms with E-state index in [4.69, 9.17) is 4.74 Å². The van der Waals surface area contributed by atoms with Gasteiger partial charge in [-0.25, -0.2) is 9.37 Å². The van der Waals surface area contributed by atoms with Gasteiger partial charge in [0.15, 0.2) is 11.6 Å². The summed E-state index contributed by atoms with van der Waals surface area (Å²) >= 11 is 0. The molecule has 0 saturated heterocycles. The lowest BCUT2D eigenvalue weighted by molar-refractivity contribution is -0.125. The van der Waals surface area contributed by atoms with Crippen molar-refractivity contribution < 1.29 is 13.9 Å². The lowest BCUT2D eigenvalue weighted by Gasteiger charge is -2.13. The number of nitrogens with one attached hydrogen (secondary N) is 1. The standard InChI is InChI=1S/C15H16FN3O2/c1-19(10-14-17-7-8-18-14)15(20)6-4-11-3-5-13(21-2)12(16)9-11/h3-9H,10H2,1-2H3,(H,17,18). The van der Waals surface area contributed by atoms with E-state index in [0.717, 1.165) is 0 Å². The Bertz CT molecular complexity index is 638. The number of amides is 1. The average Bonchev–Trinajstić information content (AvgIpc) is 2.97. The van der Waals surface area contributed by atoms with Crippen LogP contribution in [0.4, 0.5) is 4.39 Å². The van der Waals surface area contributed by atoms with Crippen molar-refractivity contribution in [2.24, 2.45) is 0 Å². The number of benzene rings is 1. The molecule has 0 bridgehead atoms. The van der Waals surface area contributed by atoms with Crippen LogP contribution >= 0.6 is 0 Å². The number of aromatic nitrogens is 2. The quantitative estimate of drug-likeness (QED) is 0.859. The summed E-state index contributed by atoms with van der Waals surface area (Å²) in [4.78, 5) is 20.4. The van der Waals surface area contributed by atoms with E-state index in [1.54, 1.807) is 31.6 Å². The first-order chi connectivity index (χ1) is 10.1. The molecule has 0 saturated carbocycles. The van der Waals surface area contributed by atoms with Crippen molar-refractivity contribution in [3.8, 4) is 5.75 Å². The summed E-state index contributed by atoms with van der Waals surface area (Å²) in [5.41, 5.74) is 0.591. The van der Waals surface area contributed by atoms with Crippen molar-refractivity contribution in [2.45, 2.75) is 6.54 Å². The van der Waals surface area contributed by atoms with E-state index in [2.05, 4.69) is 9.97 Å². The smallest absolute Gasteiger partial charge is 0.246 e. The van der Waals surface area contributed by atoms with E-state index in [0.29, 0.717) is 17.9 Å². The van der Waals surface area contributed by atoms with E-state index in [1.807, 2.05) is 0 Å². The number of hydrogen-bond donors (Lipinski definition) is 1. The Balaban J connectivity index is 1.99. The molecule has 0 atom stereocenters. The normalized spacial score (nSPS) is 10.8. The Morgan fingerprint density at radius 3 is 2.95 bits per heavy atom. The van der Waals surface area contributed by atoms with Crippen LogP contribution in [0.2, 0.25) is 0 Å². The van der Waals surface area contributed by atoms with Gasteiger partial charge in [-0.05, 0) is 23.8 Å². The van der Waals surface area contributed by atoms with Crippen LogP contribution in [0, 0.1) is 5.82 Å². The van der Waals surface area contributed by atoms with Crippen LogP contribution in [-0.4, -0.2) is 34.9 Å². The second-order valence-corrected chi connectivity index (χ2v) is 4.46. The van der Waals surface area contributed by atoms with Gasteiger partial charge in [-0.3, -0.25) is 4.79 Å². The number of imidazole rings is 1. The first-order valence-electron chi connectivity index (χ1n) is 6.35. The number of methoxy groups -OCH3 is 1. The van der Waals surface area contributed by atoms with Crippen molar-refractivity contribution >= 4 is 12.0 Å². The van der Waals surface area contributed by atoms with Gasteiger partial charge in [0.2, 0.25) is 5.91 Å². The molecule has 21 heavy (non-hydrogen) atoms. The minimum Gasteiger partial charge on any atom is -0.494 e. The number of carbonyl (C=O) groups is 1. The molecular weight excluding hydrogens is 273 g/mol. The van der Waals surface area contributed by atoms with Gasteiger partial charge >= 0.3 is 0 Å². The fraction of sp³-hybridized carbons (Fsp3) is 0.200. The second-order valence-electron chi connectivity index (χ2n) is 4.46. The van der Waals surface area contributed by atoms with Gasteiger partial charge in [0.05, 0.1) is 13.7 Å². The summed E-state index contributed by atoms with van der Waals surface area (Å²) in [6, 6.07) is 4.51. The molecule has 0 aliphatic heterocycles. The minimum absolute atomic E-state index is 0.174. The number of nitrogens with zero attached hydrogens (tertiary/aromatic N) is 2. The van der Waals surface area contributed by atoms with Gasteiger partial charge in [-0.15, -0.1) is 0 Å². The van der Waals surface area contributed by atoms with Crippen molar-refractivity contribution in [3.05, 3.63) is 53.9 Å². The van der Waals surface area contributed by atoms with E-state index in [9.17, 15) is 9.18 Å². The lowest BCUT2D eigenvalue weighted by Crippen LogP contribution is -2.24. The summed E-state index contributed by atoms with van der Waals surface area (Å²) in [7, 11) is 3.07. The van der Waals surface area contributed by atoms with Gasteiger partial charge in [-0.2, -0.15) is 0 Å². The highest BCUT2D eigenvalue weighted by atomic mass is 19.1. The summed E-state index contributed by atoms with van der Waals surface area (Å²) in [5.74, 6) is 0.224. The summed E-state index contributed by atoms with van der Waals surface area (Å²) < 4.78 is 18.4. The molecule has 0 aliphatic rings. The van der Waals surface area contributed by atoms with Crippen LogP contribution in [-0.2, 0) is 11.3 Å². The maximum absolute atomic E-state index is 13.5. The number of likely N-dealkylation sites (N-methyl/N-ethyl adjacent to an activating group) is 1. The van der Waals surface area contributed by atoms with Crippen LogP contribution in [0.25, 0.3) is 6.08 Å². The summed E-state index contributed by atoms with van der Waals surface area (Å²) in [5, 5.41) is 0. The fourth-order valence-corrected chi connectivity index (χ4v) is 1.77. The molecule has 0 aliphatic carbocycles. The number of halogens is 1. The van der Waals surface area contributed by atoms with Crippen molar-refractivity contribution in [1.82, 2.24) is 14.9 Å². The topological polar surface area (TPSA) is 58.2 Å². The molecule has 1 heterocycles. The minimum atomic E-state index is -0.462. The molecule has 0 radical (unpaired) electrons. The van der Waals surface area contributed by atoms with Crippen LogP contribution in [0.15, 0.2) is 36.7 Å². The van der Waals surface area contributed by atoms with Gasteiger partial charge in [0.1, 0.15) is 5.82 Å². The number of H-pyrrole nitrogens is 1. The Labute approximate surface area is 122 Å². The highest BCUT2D eigenvalue weighted by Crippen LogP contribution is 2.18. The molecule has 1 aromatic heterocycles. The first-order valence-corrected chi connectivity index (χ1v) is 6.35. The van der Waals surface area contributed by atoms with Crippen LogP contribution in [0.5, 0.6) is 5.75 Å². The third kappa shape index (κ3) is 3.92. The first kappa shape index (κ1) is 14.8. The Morgan fingerprint density at radius 1 is 1.52 bits per heavy atom. The number of aromatic amines is 1. The average molecular weight is 289 g/mol. The molecule has 6 heteroatoms. The molecule has 2 rings (SSSR count). The van der Waals surface area contributed by atoms with Gasteiger partial charge in [0.25, 0.3) is 0 Å². The van der Waals surface area contributed by atoms with E-state index in [1.165, 1.54) is 30.2 Å². The van der Waals surface area contributed by atoms with Crippen LogP contribution < -0.4 is 4.74 Å². The molecule has 0 fully saturated rings. The molecular formula is C15H16FN3O2. The molecule has 0 unspecified atom stereocenters. The Kier molecular flexibility index (Phi) is 4.71. The zero-order valence-corrected chi connectivity index (χ0v) is 11.8. The predicted octanol–water partition coefficient (Wildman–Crippen LogP) is 2.23. The third-order valence-corrected chi connectivity index (χ3v) is 2.91. The second kappa shape index (κ2) is 6.69. The van der Waals surface area contributed by atoms with Crippen LogP contribution in [0.1, 0.15) is 11.4 Å². The van der Waals surface area contributed by atoms with Gasteiger partial charge in [0, 0.05) is 25.5 Å². The highest BCUT2D eigenvalue weighted by molar-refractivity contribution is 5.91. The predicted molar refractivity (Wildman–Crippen MR) is 77.0 cm³/mol. The third-order valence-electron chi connectivity index (χ3n) is 2.91. The lowest BCUT2D eigenvalue weighted by atomic mass is 10.2. The maximum atomic E-state index is 13.5. The van der Waals surface area contributed by atoms with Crippen LogP contribution in [0.3, 0.4) is 0 Å². The number of rotatable bonds is 5. The van der Waals surface area contributed by atoms with Gasteiger partial charge in [-0.1, -0.05) is 6.07 Å². The Hall–Kier alpha value is -2.63.